The molecular formula is C13H15N5O3. The third-order valence-electron chi connectivity index (χ3n) is 3.72. The van der Waals surface area contributed by atoms with Crippen LogP contribution in [0.25, 0.3) is 11.4 Å². The molecule has 21 heavy (non-hydrogen) atoms. The average molecular weight is 289 g/mol. The zero-order valence-corrected chi connectivity index (χ0v) is 11.5. The van der Waals surface area contributed by atoms with E-state index in [-0.39, 0.29) is 23.9 Å². The Bertz CT molecular complexity index is 731. The van der Waals surface area contributed by atoms with E-state index in [1.165, 1.54) is 10.6 Å². The number of aryl methyl sites for hydroxylation is 1. The van der Waals surface area contributed by atoms with Gasteiger partial charge in [0.25, 0.3) is 5.56 Å². The van der Waals surface area contributed by atoms with Gasteiger partial charge in [0.15, 0.2) is 5.82 Å². The largest absolute Gasteiger partial charge is 0.481 e. The summed E-state index contributed by atoms with van der Waals surface area (Å²) in [5.74, 6) is -0.155. The zero-order valence-electron chi connectivity index (χ0n) is 11.5. The lowest BCUT2D eigenvalue weighted by atomic mass is 10.1. The van der Waals surface area contributed by atoms with E-state index in [1.807, 2.05) is 0 Å². The molecule has 0 aliphatic heterocycles. The van der Waals surface area contributed by atoms with Crippen molar-refractivity contribution < 1.29 is 9.90 Å². The van der Waals surface area contributed by atoms with Crippen molar-refractivity contribution >= 4 is 5.97 Å². The Kier molecular flexibility index (Phi) is 3.28. The van der Waals surface area contributed by atoms with Crippen molar-refractivity contribution in [3.05, 3.63) is 28.7 Å². The van der Waals surface area contributed by atoms with E-state index in [0.29, 0.717) is 11.4 Å². The van der Waals surface area contributed by atoms with Crippen LogP contribution in [0.5, 0.6) is 0 Å². The molecule has 2 aromatic rings. The fourth-order valence-corrected chi connectivity index (χ4v) is 2.41. The third-order valence-corrected chi connectivity index (χ3v) is 3.72. The summed E-state index contributed by atoms with van der Waals surface area (Å²) in [6.07, 6.45) is 3.58. The van der Waals surface area contributed by atoms with E-state index >= 15 is 0 Å². The van der Waals surface area contributed by atoms with E-state index < -0.39 is 5.97 Å². The van der Waals surface area contributed by atoms with Gasteiger partial charge in [-0.25, -0.2) is 4.68 Å². The maximum absolute atomic E-state index is 11.7. The maximum Gasteiger partial charge on any atom is 0.305 e. The molecule has 0 amide bonds. The third kappa shape index (κ3) is 2.69. The Hall–Kier alpha value is -2.51. The summed E-state index contributed by atoms with van der Waals surface area (Å²) in [6, 6.07) is 2.93. The number of tetrazole rings is 1. The number of carboxylic acid groups (broad SMARTS) is 1. The molecule has 110 valence electrons. The summed E-state index contributed by atoms with van der Waals surface area (Å²) >= 11 is 0. The molecule has 8 nitrogen and oxygen atoms in total. The molecule has 3 rings (SSSR count). The van der Waals surface area contributed by atoms with Crippen LogP contribution in [-0.2, 0) is 11.8 Å². The van der Waals surface area contributed by atoms with Crippen LogP contribution in [0.1, 0.15) is 25.3 Å². The molecule has 8 heteroatoms. The number of carboxylic acids is 1. The van der Waals surface area contributed by atoms with Crippen molar-refractivity contribution in [3.63, 3.8) is 0 Å². The minimum atomic E-state index is -0.877. The average Bonchev–Trinajstić information content (AvgIpc) is 3.16. The molecule has 0 spiro atoms. The highest BCUT2D eigenvalue weighted by Gasteiger charge is 2.36. The quantitative estimate of drug-likeness (QED) is 0.858. The van der Waals surface area contributed by atoms with Crippen molar-refractivity contribution in [1.29, 1.82) is 0 Å². The number of nitrogens with zero attached hydrogens (tertiary/aromatic N) is 5. The predicted molar refractivity (Wildman–Crippen MR) is 72.5 cm³/mol. The van der Waals surface area contributed by atoms with Crippen molar-refractivity contribution in [2.75, 3.05) is 0 Å². The molecule has 1 unspecified atom stereocenters. The molecule has 1 aliphatic rings. The number of carbonyl (C=O) groups is 1. The van der Waals surface area contributed by atoms with Gasteiger partial charge >= 0.3 is 5.97 Å². The topological polar surface area (TPSA) is 103 Å². The molecule has 1 aliphatic carbocycles. The highest BCUT2D eigenvalue weighted by Crippen LogP contribution is 2.42. The molecule has 1 N–H and O–H groups in total. The molecule has 0 aromatic carbocycles. The smallest absolute Gasteiger partial charge is 0.305 e. The molecule has 0 radical (unpaired) electrons. The molecule has 1 fully saturated rings. The Morgan fingerprint density at radius 1 is 1.52 bits per heavy atom. The summed E-state index contributed by atoms with van der Waals surface area (Å²) in [5.41, 5.74) is 0.433. The first-order chi connectivity index (χ1) is 10.1. The second-order valence-electron chi connectivity index (χ2n) is 5.31. The number of pyridine rings is 1. The lowest BCUT2D eigenvalue weighted by Gasteiger charge is -2.15. The molecular weight excluding hydrogens is 274 g/mol. The molecule has 0 bridgehead atoms. The molecule has 2 heterocycles. The second-order valence-corrected chi connectivity index (χ2v) is 5.31. The van der Waals surface area contributed by atoms with Gasteiger partial charge in [0.2, 0.25) is 0 Å². The van der Waals surface area contributed by atoms with Gasteiger partial charge in [0.1, 0.15) is 0 Å². The first kappa shape index (κ1) is 13.5. The van der Waals surface area contributed by atoms with E-state index in [4.69, 9.17) is 5.11 Å². The highest BCUT2D eigenvalue weighted by atomic mass is 16.4. The van der Waals surface area contributed by atoms with E-state index in [9.17, 15) is 9.59 Å². The van der Waals surface area contributed by atoms with Crippen molar-refractivity contribution in [1.82, 2.24) is 24.8 Å². The van der Waals surface area contributed by atoms with Gasteiger partial charge < -0.3 is 9.67 Å². The lowest BCUT2D eigenvalue weighted by molar-refractivity contribution is -0.138. The standard InChI is InChI=1S/C13H15N5O3/c1-17-5-4-9(6-11(17)19)13-14-15-16-18(13)10(7-12(20)21)8-2-3-8/h4-6,8,10H,2-3,7H2,1H3,(H,20,21). The Balaban J connectivity index is 2.00. The van der Waals surface area contributed by atoms with Crippen LogP contribution >= 0.6 is 0 Å². The van der Waals surface area contributed by atoms with Gasteiger partial charge in [-0.2, -0.15) is 0 Å². The van der Waals surface area contributed by atoms with Crippen molar-refractivity contribution in [3.8, 4) is 11.4 Å². The van der Waals surface area contributed by atoms with Crippen LogP contribution in [0.4, 0.5) is 0 Å². The normalized spacial score (nSPS) is 15.9. The van der Waals surface area contributed by atoms with Gasteiger partial charge in [0, 0.05) is 24.9 Å². The fourth-order valence-electron chi connectivity index (χ4n) is 2.41. The fraction of sp³-hybridized carbons (Fsp3) is 0.462. The van der Waals surface area contributed by atoms with Crippen LogP contribution < -0.4 is 5.56 Å². The SMILES string of the molecule is Cn1ccc(-c2nnnn2C(CC(=O)O)C2CC2)cc1=O. The van der Waals surface area contributed by atoms with Crippen LogP contribution in [0, 0.1) is 5.92 Å². The van der Waals surface area contributed by atoms with Crippen LogP contribution in [0.15, 0.2) is 23.1 Å². The van der Waals surface area contributed by atoms with Crippen LogP contribution in [-0.4, -0.2) is 35.9 Å². The van der Waals surface area contributed by atoms with Gasteiger partial charge in [0.05, 0.1) is 12.5 Å². The van der Waals surface area contributed by atoms with Crippen molar-refractivity contribution in [2.45, 2.75) is 25.3 Å². The molecule has 1 saturated carbocycles. The van der Waals surface area contributed by atoms with Crippen molar-refractivity contribution in [2.24, 2.45) is 13.0 Å². The van der Waals surface area contributed by atoms with E-state index in [2.05, 4.69) is 15.5 Å². The number of rotatable bonds is 5. The van der Waals surface area contributed by atoms with Gasteiger partial charge in [-0.3, -0.25) is 9.59 Å². The second kappa shape index (κ2) is 5.12. The maximum atomic E-state index is 11.7. The summed E-state index contributed by atoms with van der Waals surface area (Å²) in [5, 5.41) is 20.6. The summed E-state index contributed by atoms with van der Waals surface area (Å²) < 4.78 is 2.99. The van der Waals surface area contributed by atoms with Crippen LogP contribution in [0.3, 0.4) is 0 Å². The number of aromatic nitrogens is 5. The Morgan fingerprint density at radius 3 is 2.90 bits per heavy atom. The van der Waals surface area contributed by atoms with E-state index in [0.717, 1.165) is 12.8 Å². The minimum Gasteiger partial charge on any atom is -0.481 e. The van der Waals surface area contributed by atoms with Gasteiger partial charge in [-0.1, -0.05) is 0 Å². The summed E-state index contributed by atoms with van der Waals surface area (Å²) in [6.45, 7) is 0. The summed E-state index contributed by atoms with van der Waals surface area (Å²) in [4.78, 5) is 22.8. The van der Waals surface area contributed by atoms with Crippen LogP contribution in [0.2, 0.25) is 0 Å². The zero-order chi connectivity index (χ0) is 15.0. The number of hydrogen-bond acceptors (Lipinski definition) is 5. The Labute approximate surface area is 120 Å². The van der Waals surface area contributed by atoms with Gasteiger partial charge in [-0.05, 0) is 35.3 Å². The molecule has 1 atom stereocenters. The highest BCUT2D eigenvalue weighted by molar-refractivity contribution is 5.67. The molecule has 0 saturated heterocycles. The first-order valence-corrected chi connectivity index (χ1v) is 6.73. The predicted octanol–water partition coefficient (Wildman–Crippen LogP) is 0.465. The Morgan fingerprint density at radius 2 is 2.29 bits per heavy atom. The number of aliphatic carboxylic acids is 1. The van der Waals surface area contributed by atoms with Gasteiger partial charge in [-0.15, -0.1) is 5.10 Å². The lowest BCUT2D eigenvalue weighted by Crippen LogP contribution is -2.19. The van der Waals surface area contributed by atoms with E-state index in [1.54, 1.807) is 24.0 Å². The minimum absolute atomic E-state index is 0.0203. The first-order valence-electron chi connectivity index (χ1n) is 6.73. The summed E-state index contributed by atoms with van der Waals surface area (Å²) in [7, 11) is 1.66. The monoisotopic (exact) mass is 289 g/mol. The molecule has 2 aromatic heterocycles. The number of hydrogen-bond donors (Lipinski definition) is 1.